The SMILES string of the molecule is CC(=O)Oc1ccc(-n2cnc(NN)nc2=O)cc1OC(C)=O.c1cc2ccc1-2. The molecule has 2 aromatic rings. The van der Waals surface area contributed by atoms with Crippen molar-refractivity contribution < 1.29 is 19.1 Å². The lowest BCUT2D eigenvalue weighted by Crippen LogP contribution is -2.25. The summed E-state index contributed by atoms with van der Waals surface area (Å²) in [5, 5.41) is 0. The summed E-state index contributed by atoms with van der Waals surface area (Å²) in [5.41, 5.74) is 4.66. The first-order chi connectivity index (χ1) is 13.9. The molecule has 1 heterocycles. The van der Waals surface area contributed by atoms with Crippen molar-refractivity contribution in [3.63, 3.8) is 0 Å². The molecule has 2 aliphatic carbocycles. The van der Waals surface area contributed by atoms with E-state index in [0.29, 0.717) is 5.69 Å². The molecule has 1 aromatic heterocycles. The summed E-state index contributed by atoms with van der Waals surface area (Å²) in [7, 11) is 0. The number of benzene rings is 2. The van der Waals surface area contributed by atoms with Crippen LogP contribution in [0.1, 0.15) is 13.8 Å². The molecule has 0 amide bonds. The molecule has 4 rings (SSSR count). The van der Waals surface area contributed by atoms with Gasteiger partial charge in [-0.3, -0.25) is 19.6 Å². The van der Waals surface area contributed by atoms with E-state index in [4.69, 9.17) is 15.3 Å². The second kappa shape index (κ2) is 8.31. The molecule has 0 radical (unpaired) electrons. The van der Waals surface area contributed by atoms with Crippen molar-refractivity contribution >= 4 is 17.9 Å². The van der Waals surface area contributed by atoms with Gasteiger partial charge in [0.15, 0.2) is 11.5 Å². The Hall–Kier alpha value is -4.05. The molecule has 0 spiro atoms. The molecule has 3 N–H and O–H groups in total. The van der Waals surface area contributed by atoms with Crippen molar-refractivity contribution in [3.8, 4) is 28.3 Å². The highest BCUT2D eigenvalue weighted by Crippen LogP contribution is 2.30. The number of rotatable bonds is 4. The molecule has 0 fully saturated rings. The fourth-order valence-electron chi connectivity index (χ4n) is 2.36. The first-order valence-corrected chi connectivity index (χ1v) is 8.41. The van der Waals surface area contributed by atoms with Gasteiger partial charge in [-0.2, -0.15) is 4.98 Å². The highest BCUT2D eigenvalue weighted by atomic mass is 16.6. The normalized spacial score (nSPS) is 10.3. The van der Waals surface area contributed by atoms with E-state index in [2.05, 4.69) is 39.7 Å². The fraction of sp³-hybridized carbons (Fsp3) is 0.105. The van der Waals surface area contributed by atoms with Gasteiger partial charge in [0.1, 0.15) is 6.33 Å². The van der Waals surface area contributed by atoms with Gasteiger partial charge in [-0.05, 0) is 23.3 Å². The van der Waals surface area contributed by atoms with Crippen LogP contribution in [0.25, 0.3) is 16.8 Å². The lowest BCUT2D eigenvalue weighted by molar-refractivity contribution is -0.134. The third kappa shape index (κ3) is 4.62. The van der Waals surface area contributed by atoms with Crippen molar-refractivity contribution in [3.05, 3.63) is 59.3 Å². The lowest BCUT2D eigenvalue weighted by Gasteiger charge is -2.11. The van der Waals surface area contributed by atoms with Crippen molar-refractivity contribution in [1.82, 2.24) is 14.5 Å². The number of ether oxygens (including phenoxy) is 2. The van der Waals surface area contributed by atoms with Crippen LogP contribution in [0, 0.1) is 0 Å². The highest BCUT2D eigenvalue weighted by molar-refractivity contribution is 5.75. The summed E-state index contributed by atoms with van der Waals surface area (Å²) in [6, 6.07) is 12.7. The van der Waals surface area contributed by atoms with Crippen LogP contribution in [0.5, 0.6) is 11.5 Å². The van der Waals surface area contributed by atoms with Gasteiger partial charge < -0.3 is 9.47 Å². The van der Waals surface area contributed by atoms with Gasteiger partial charge >= 0.3 is 17.6 Å². The third-order valence-corrected chi connectivity index (χ3v) is 3.76. The number of fused-ring (bicyclic) bond motifs is 1. The summed E-state index contributed by atoms with van der Waals surface area (Å²) >= 11 is 0. The first-order valence-electron chi connectivity index (χ1n) is 8.41. The van der Waals surface area contributed by atoms with Crippen LogP contribution in [-0.2, 0) is 9.59 Å². The number of nitrogens with zero attached hydrogens (tertiary/aromatic N) is 3. The van der Waals surface area contributed by atoms with Crippen molar-refractivity contribution in [2.45, 2.75) is 13.8 Å². The van der Waals surface area contributed by atoms with E-state index in [-0.39, 0.29) is 17.4 Å². The second-order valence-electron chi connectivity index (χ2n) is 5.87. The van der Waals surface area contributed by atoms with E-state index < -0.39 is 17.6 Å². The maximum atomic E-state index is 11.9. The average Bonchev–Trinajstić information content (AvgIpc) is 2.65. The number of hydrazine groups is 1. The zero-order chi connectivity index (χ0) is 21.0. The Balaban J connectivity index is 0.000000334. The fourth-order valence-corrected chi connectivity index (χ4v) is 2.36. The van der Waals surface area contributed by atoms with Gasteiger partial charge in [0.2, 0.25) is 5.95 Å². The number of hydrogen-bond acceptors (Lipinski definition) is 9. The van der Waals surface area contributed by atoms with Gasteiger partial charge in [-0.25, -0.2) is 15.6 Å². The van der Waals surface area contributed by atoms with E-state index >= 15 is 0 Å². The lowest BCUT2D eigenvalue weighted by atomic mass is 9.95. The van der Waals surface area contributed by atoms with Crippen molar-refractivity contribution in [2.24, 2.45) is 5.84 Å². The van der Waals surface area contributed by atoms with Crippen LogP contribution < -0.4 is 26.4 Å². The molecule has 0 aliphatic heterocycles. The quantitative estimate of drug-likeness (QED) is 0.227. The summed E-state index contributed by atoms with van der Waals surface area (Å²) < 4.78 is 11.0. The molecule has 0 saturated carbocycles. The second-order valence-corrected chi connectivity index (χ2v) is 5.87. The molecule has 0 unspecified atom stereocenters. The third-order valence-electron chi connectivity index (χ3n) is 3.76. The predicted molar refractivity (Wildman–Crippen MR) is 103 cm³/mol. The topological polar surface area (TPSA) is 138 Å². The average molecular weight is 395 g/mol. The van der Waals surface area contributed by atoms with E-state index in [9.17, 15) is 14.4 Å². The minimum absolute atomic E-state index is 0.0156. The van der Waals surface area contributed by atoms with Crippen LogP contribution in [0.15, 0.2) is 53.6 Å². The minimum atomic E-state index is -0.651. The Morgan fingerprint density at radius 1 is 0.966 bits per heavy atom. The monoisotopic (exact) mass is 395 g/mol. The number of nitrogens with two attached hydrogens (primary N) is 1. The smallest absolute Gasteiger partial charge is 0.356 e. The summed E-state index contributed by atoms with van der Waals surface area (Å²) in [5.74, 6) is 3.93. The standard InChI is InChI=1S/C13H13N5O5.C6H4/c1-7(19)22-10-4-3-9(5-11(10)23-8(2)20)18-6-15-12(17-14)16-13(18)21;1-2-6-4-3-5(1)6/h3-6H,14H2,1-2H3,(H,16,17,21);1-4H. The molecule has 1 aromatic carbocycles. The van der Waals surface area contributed by atoms with E-state index in [0.717, 1.165) is 4.57 Å². The number of nitrogens with one attached hydrogen (secondary N) is 1. The predicted octanol–water partition coefficient (Wildman–Crippen LogP) is 1.43. The van der Waals surface area contributed by atoms with Crippen LogP contribution in [-0.4, -0.2) is 26.5 Å². The Morgan fingerprint density at radius 2 is 1.55 bits per heavy atom. The number of anilines is 1. The summed E-state index contributed by atoms with van der Waals surface area (Å²) in [6.07, 6.45) is 1.20. The Morgan fingerprint density at radius 3 is 2.00 bits per heavy atom. The molecule has 0 atom stereocenters. The van der Waals surface area contributed by atoms with Gasteiger partial charge in [0.25, 0.3) is 0 Å². The molecule has 148 valence electrons. The number of aromatic nitrogens is 3. The molecule has 10 nitrogen and oxygen atoms in total. The maximum Gasteiger partial charge on any atom is 0.356 e. The van der Waals surface area contributed by atoms with Gasteiger partial charge in [-0.15, -0.1) is 0 Å². The summed E-state index contributed by atoms with van der Waals surface area (Å²) in [4.78, 5) is 41.6. The molecular formula is C19H17N5O5. The zero-order valence-electron chi connectivity index (χ0n) is 15.6. The largest absolute Gasteiger partial charge is 0.423 e. The number of carbonyl (C=O) groups is 2. The number of nitrogen functional groups attached to an aromatic ring is 1. The molecule has 0 bridgehead atoms. The minimum Gasteiger partial charge on any atom is -0.423 e. The summed E-state index contributed by atoms with van der Waals surface area (Å²) in [6.45, 7) is 2.41. The number of hydrogen-bond donors (Lipinski definition) is 2. The van der Waals surface area contributed by atoms with E-state index in [1.807, 2.05) is 0 Å². The van der Waals surface area contributed by atoms with Crippen molar-refractivity contribution in [1.29, 1.82) is 0 Å². The van der Waals surface area contributed by atoms with Crippen LogP contribution in [0.2, 0.25) is 0 Å². The highest BCUT2D eigenvalue weighted by Gasteiger charge is 2.13. The Bertz CT molecular complexity index is 1100. The molecule has 29 heavy (non-hydrogen) atoms. The van der Waals surface area contributed by atoms with Crippen LogP contribution in [0.4, 0.5) is 5.95 Å². The number of esters is 2. The van der Waals surface area contributed by atoms with E-state index in [1.54, 1.807) is 0 Å². The van der Waals surface area contributed by atoms with Crippen LogP contribution in [0.3, 0.4) is 0 Å². The Labute approximate surface area is 164 Å². The Kier molecular flexibility index (Phi) is 5.65. The van der Waals surface area contributed by atoms with Gasteiger partial charge in [0, 0.05) is 19.9 Å². The molecule has 2 aliphatic rings. The first kappa shape index (κ1) is 19.7. The molecule has 0 saturated heterocycles. The maximum absolute atomic E-state index is 11.9. The van der Waals surface area contributed by atoms with Crippen LogP contribution >= 0.6 is 0 Å². The molecular weight excluding hydrogens is 378 g/mol. The van der Waals surface area contributed by atoms with E-state index in [1.165, 1.54) is 49.5 Å². The molecule has 10 heteroatoms. The van der Waals surface area contributed by atoms with Gasteiger partial charge in [0.05, 0.1) is 5.69 Å². The van der Waals surface area contributed by atoms with Gasteiger partial charge in [-0.1, -0.05) is 24.3 Å². The number of carbonyl (C=O) groups excluding carboxylic acids is 2. The van der Waals surface area contributed by atoms with Crippen molar-refractivity contribution in [2.75, 3.05) is 5.43 Å². The zero-order valence-corrected chi connectivity index (χ0v) is 15.6.